The molecule has 1 atom stereocenters. The first-order valence-electron chi connectivity index (χ1n) is 10.8. The van der Waals surface area contributed by atoms with Crippen LogP contribution >= 0.6 is 0 Å². The fourth-order valence-electron chi connectivity index (χ4n) is 4.43. The van der Waals surface area contributed by atoms with Crippen molar-refractivity contribution in [2.24, 2.45) is 5.73 Å². The molecule has 4 rings (SSSR count). The number of nitrogens with zero attached hydrogens (tertiary/aromatic N) is 1. The van der Waals surface area contributed by atoms with Gasteiger partial charge in [0.05, 0.1) is 0 Å². The molecule has 1 aliphatic rings. The molecule has 2 nitrogen and oxygen atoms in total. The van der Waals surface area contributed by atoms with E-state index in [1.165, 1.54) is 16.8 Å². The maximum Gasteiger partial charge on any atom is 0.126 e. The summed E-state index contributed by atoms with van der Waals surface area (Å²) in [6, 6.07) is 20.4. The molecule has 0 saturated heterocycles. The van der Waals surface area contributed by atoms with Crippen LogP contribution in [0.3, 0.4) is 0 Å². The molecule has 0 amide bonds. The second-order valence-electron chi connectivity index (χ2n) is 9.25. The van der Waals surface area contributed by atoms with E-state index in [0.717, 1.165) is 36.2 Å². The molecule has 3 heteroatoms. The van der Waals surface area contributed by atoms with Gasteiger partial charge in [-0.3, -0.25) is 0 Å². The lowest BCUT2D eigenvalue weighted by atomic mass is 9.75. The van der Waals surface area contributed by atoms with Crippen LogP contribution in [0.15, 0.2) is 60.7 Å². The van der Waals surface area contributed by atoms with Crippen molar-refractivity contribution in [2.75, 3.05) is 11.4 Å². The van der Waals surface area contributed by atoms with Gasteiger partial charge in [0.2, 0.25) is 0 Å². The largest absolute Gasteiger partial charge is 0.367 e. The molecule has 3 aromatic carbocycles. The zero-order valence-corrected chi connectivity index (χ0v) is 18.4. The van der Waals surface area contributed by atoms with Crippen molar-refractivity contribution in [1.29, 1.82) is 0 Å². The van der Waals surface area contributed by atoms with Crippen LogP contribution in [0.2, 0.25) is 0 Å². The summed E-state index contributed by atoms with van der Waals surface area (Å²) in [7, 11) is 0. The van der Waals surface area contributed by atoms with Crippen LogP contribution in [0.1, 0.15) is 55.5 Å². The van der Waals surface area contributed by atoms with Crippen LogP contribution in [0.25, 0.3) is 11.1 Å². The molecular weight excluding hydrogens is 371 g/mol. The molecule has 156 valence electrons. The third-order valence-electron chi connectivity index (χ3n) is 6.43. The summed E-state index contributed by atoms with van der Waals surface area (Å²) in [5, 5.41) is 0. The highest BCUT2D eigenvalue weighted by atomic mass is 19.1. The summed E-state index contributed by atoms with van der Waals surface area (Å²) in [6.45, 7) is 10.3. The fraction of sp³-hybridized carbons (Fsp3) is 0.333. The SMILES string of the molecule is Cc1ccc(-c2cc3c(cc2C(C)N)N(Cc2ccccc2)CCC3(C)C)cc1F. The van der Waals surface area contributed by atoms with Crippen molar-refractivity contribution in [3.63, 3.8) is 0 Å². The molecule has 0 radical (unpaired) electrons. The third-order valence-corrected chi connectivity index (χ3v) is 6.43. The van der Waals surface area contributed by atoms with Gasteiger partial charge in [-0.2, -0.15) is 0 Å². The van der Waals surface area contributed by atoms with Gasteiger partial charge in [-0.05, 0) is 77.3 Å². The predicted octanol–water partition coefficient (Wildman–Crippen LogP) is 6.51. The van der Waals surface area contributed by atoms with Crippen molar-refractivity contribution in [1.82, 2.24) is 0 Å². The Hall–Kier alpha value is -2.65. The average Bonchev–Trinajstić information content (AvgIpc) is 2.72. The van der Waals surface area contributed by atoms with Crippen molar-refractivity contribution >= 4 is 5.69 Å². The zero-order valence-electron chi connectivity index (χ0n) is 18.4. The van der Waals surface area contributed by atoms with Crippen LogP contribution in [-0.2, 0) is 12.0 Å². The van der Waals surface area contributed by atoms with E-state index in [0.29, 0.717) is 5.56 Å². The summed E-state index contributed by atoms with van der Waals surface area (Å²) >= 11 is 0. The Morgan fingerprint density at radius 1 is 1.07 bits per heavy atom. The number of fused-ring (bicyclic) bond motifs is 1. The Balaban J connectivity index is 1.86. The van der Waals surface area contributed by atoms with Crippen LogP contribution in [0.5, 0.6) is 0 Å². The van der Waals surface area contributed by atoms with Gasteiger partial charge >= 0.3 is 0 Å². The fourth-order valence-corrected chi connectivity index (χ4v) is 4.43. The first-order valence-corrected chi connectivity index (χ1v) is 10.8. The standard InChI is InChI=1S/C27H31FN2/c1-18-10-11-21(14-25(18)28)23-15-24-26(16-22(23)19(2)29)30(13-12-27(24,3)4)17-20-8-6-5-7-9-20/h5-11,14-16,19H,12-13,17,29H2,1-4H3. The number of aryl methyl sites for hydroxylation is 1. The Morgan fingerprint density at radius 3 is 2.47 bits per heavy atom. The highest BCUT2D eigenvalue weighted by molar-refractivity contribution is 5.75. The maximum atomic E-state index is 14.4. The van der Waals surface area contributed by atoms with Crippen molar-refractivity contribution in [3.05, 3.63) is 88.7 Å². The molecule has 0 aromatic heterocycles. The summed E-state index contributed by atoms with van der Waals surface area (Å²) in [5.41, 5.74) is 14.0. The first kappa shape index (κ1) is 20.6. The van der Waals surface area contributed by atoms with Gasteiger partial charge in [0.25, 0.3) is 0 Å². The number of rotatable bonds is 4. The third kappa shape index (κ3) is 3.87. The van der Waals surface area contributed by atoms with E-state index < -0.39 is 0 Å². The number of anilines is 1. The van der Waals surface area contributed by atoms with E-state index in [-0.39, 0.29) is 17.3 Å². The highest BCUT2D eigenvalue weighted by Gasteiger charge is 2.32. The summed E-state index contributed by atoms with van der Waals surface area (Å²) in [5.74, 6) is -0.175. The summed E-state index contributed by atoms with van der Waals surface area (Å²) in [4.78, 5) is 2.46. The Labute approximate surface area is 179 Å². The lowest BCUT2D eigenvalue weighted by Gasteiger charge is -2.41. The summed E-state index contributed by atoms with van der Waals surface area (Å²) in [6.07, 6.45) is 1.08. The summed E-state index contributed by atoms with van der Waals surface area (Å²) < 4.78 is 14.4. The van der Waals surface area contributed by atoms with Gasteiger partial charge in [-0.15, -0.1) is 0 Å². The second kappa shape index (κ2) is 7.88. The van der Waals surface area contributed by atoms with Gasteiger partial charge in [0.1, 0.15) is 5.82 Å². The quantitative estimate of drug-likeness (QED) is 0.539. The van der Waals surface area contributed by atoms with E-state index in [1.54, 1.807) is 13.0 Å². The minimum atomic E-state index is -0.175. The van der Waals surface area contributed by atoms with Crippen molar-refractivity contribution in [2.45, 2.75) is 52.1 Å². The van der Waals surface area contributed by atoms with E-state index in [2.05, 4.69) is 61.2 Å². The van der Waals surface area contributed by atoms with Gasteiger partial charge in [0.15, 0.2) is 0 Å². The van der Waals surface area contributed by atoms with Gasteiger partial charge in [0, 0.05) is 24.8 Å². The molecule has 0 saturated carbocycles. The molecule has 1 aliphatic heterocycles. The Morgan fingerprint density at radius 2 is 1.80 bits per heavy atom. The smallest absolute Gasteiger partial charge is 0.126 e. The number of hydrogen-bond donors (Lipinski definition) is 1. The van der Waals surface area contributed by atoms with E-state index in [4.69, 9.17) is 5.73 Å². The minimum absolute atomic E-state index is 0.0525. The average molecular weight is 403 g/mol. The topological polar surface area (TPSA) is 29.3 Å². The van der Waals surface area contributed by atoms with E-state index in [9.17, 15) is 4.39 Å². The monoisotopic (exact) mass is 402 g/mol. The molecule has 0 bridgehead atoms. The lowest BCUT2D eigenvalue weighted by Crippen LogP contribution is -2.37. The van der Waals surface area contributed by atoms with Crippen molar-refractivity contribution < 1.29 is 4.39 Å². The predicted molar refractivity (Wildman–Crippen MR) is 124 cm³/mol. The maximum absolute atomic E-state index is 14.4. The molecule has 30 heavy (non-hydrogen) atoms. The molecule has 2 N–H and O–H groups in total. The van der Waals surface area contributed by atoms with Crippen LogP contribution in [0, 0.1) is 12.7 Å². The number of halogens is 1. The van der Waals surface area contributed by atoms with Crippen LogP contribution < -0.4 is 10.6 Å². The van der Waals surface area contributed by atoms with E-state index >= 15 is 0 Å². The lowest BCUT2D eigenvalue weighted by molar-refractivity contribution is 0.452. The van der Waals surface area contributed by atoms with Gasteiger partial charge in [-0.25, -0.2) is 4.39 Å². The highest BCUT2D eigenvalue weighted by Crippen LogP contribution is 2.44. The normalized spacial score (nSPS) is 16.3. The Kier molecular flexibility index (Phi) is 5.42. The second-order valence-corrected chi connectivity index (χ2v) is 9.25. The molecule has 0 aliphatic carbocycles. The van der Waals surface area contributed by atoms with Gasteiger partial charge < -0.3 is 10.6 Å². The minimum Gasteiger partial charge on any atom is -0.367 e. The van der Waals surface area contributed by atoms with Crippen LogP contribution in [-0.4, -0.2) is 6.54 Å². The van der Waals surface area contributed by atoms with E-state index in [1.807, 2.05) is 19.1 Å². The van der Waals surface area contributed by atoms with Crippen molar-refractivity contribution in [3.8, 4) is 11.1 Å². The molecule has 1 unspecified atom stereocenters. The molecule has 0 spiro atoms. The first-order chi connectivity index (χ1) is 14.3. The van der Waals surface area contributed by atoms with Gasteiger partial charge in [-0.1, -0.05) is 56.3 Å². The van der Waals surface area contributed by atoms with Crippen LogP contribution in [0.4, 0.5) is 10.1 Å². The molecule has 0 fully saturated rings. The number of benzene rings is 3. The Bertz CT molecular complexity index is 1050. The molecular formula is C27H31FN2. The number of nitrogens with two attached hydrogens (primary N) is 1. The number of hydrogen-bond acceptors (Lipinski definition) is 2. The zero-order chi connectivity index (χ0) is 21.5. The molecule has 1 heterocycles. The molecule has 3 aromatic rings.